The van der Waals surface area contributed by atoms with E-state index in [4.69, 9.17) is 0 Å². The number of rotatable bonds is 0. The molecule has 2 heterocycles. The molecule has 0 amide bonds. The first-order valence-corrected chi connectivity index (χ1v) is 6.75. The van der Waals surface area contributed by atoms with Crippen LogP contribution in [0, 0.1) is 6.92 Å². The summed E-state index contributed by atoms with van der Waals surface area (Å²) in [5, 5.41) is 2.23. The van der Waals surface area contributed by atoms with E-state index in [2.05, 4.69) is 54.8 Å². The van der Waals surface area contributed by atoms with Crippen LogP contribution in [-0.4, -0.2) is 9.97 Å². The zero-order chi connectivity index (χ0) is 12.0. The van der Waals surface area contributed by atoms with E-state index in [-0.39, 0.29) is 0 Å². The topological polar surface area (TPSA) is 25.8 Å². The Morgan fingerprint density at radius 2 is 1.35 bits per heavy atom. The molecular formula is C13H8Br2N2. The van der Waals surface area contributed by atoms with E-state index in [0.29, 0.717) is 0 Å². The monoisotopic (exact) mass is 350 g/mol. The van der Waals surface area contributed by atoms with Crippen molar-refractivity contribution in [2.45, 2.75) is 6.92 Å². The van der Waals surface area contributed by atoms with Crippen molar-refractivity contribution < 1.29 is 0 Å². The number of nitrogens with zero attached hydrogens (tertiary/aromatic N) is 2. The van der Waals surface area contributed by atoms with E-state index < -0.39 is 0 Å². The number of hydrogen-bond acceptors (Lipinski definition) is 2. The van der Waals surface area contributed by atoms with Gasteiger partial charge in [-0.1, -0.05) is 31.9 Å². The van der Waals surface area contributed by atoms with Crippen molar-refractivity contribution >= 4 is 53.7 Å². The second-order valence-corrected chi connectivity index (χ2v) is 5.59. The fourth-order valence-electron chi connectivity index (χ4n) is 2.03. The molecule has 84 valence electrons. The Morgan fingerprint density at radius 3 is 1.82 bits per heavy atom. The number of hydrogen-bond donors (Lipinski definition) is 0. The molecule has 0 unspecified atom stereocenters. The maximum Gasteiger partial charge on any atom is 0.0764 e. The molecule has 0 radical (unpaired) electrons. The van der Waals surface area contributed by atoms with Gasteiger partial charge in [0.2, 0.25) is 0 Å². The van der Waals surface area contributed by atoms with E-state index in [1.165, 1.54) is 0 Å². The summed E-state index contributed by atoms with van der Waals surface area (Å²) >= 11 is 7.13. The lowest BCUT2D eigenvalue weighted by Gasteiger charge is -2.08. The van der Waals surface area contributed by atoms with Crippen LogP contribution in [0.3, 0.4) is 0 Å². The van der Waals surface area contributed by atoms with E-state index in [9.17, 15) is 0 Å². The van der Waals surface area contributed by atoms with Gasteiger partial charge in [-0.2, -0.15) is 0 Å². The van der Waals surface area contributed by atoms with Gasteiger partial charge in [0.1, 0.15) is 0 Å². The molecule has 0 atom stereocenters. The third-order valence-corrected chi connectivity index (χ3v) is 4.26. The first-order valence-electron chi connectivity index (χ1n) is 5.16. The molecule has 1 aromatic carbocycles. The molecule has 0 aliphatic carbocycles. The van der Waals surface area contributed by atoms with Crippen LogP contribution in [0.25, 0.3) is 21.8 Å². The Kier molecular flexibility index (Phi) is 2.64. The molecule has 0 saturated heterocycles. The smallest absolute Gasteiger partial charge is 0.0764 e. The summed E-state index contributed by atoms with van der Waals surface area (Å²) in [6.07, 6.45) is 3.62. The van der Waals surface area contributed by atoms with Crippen LogP contribution in [0.2, 0.25) is 0 Å². The zero-order valence-corrected chi connectivity index (χ0v) is 12.2. The molecule has 0 bridgehead atoms. The highest BCUT2D eigenvalue weighted by atomic mass is 79.9. The summed E-state index contributed by atoms with van der Waals surface area (Å²) in [7, 11) is 0. The minimum atomic E-state index is 0.998. The number of benzene rings is 1. The van der Waals surface area contributed by atoms with Gasteiger partial charge in [0.25, 0.3) is 0 Å². The highest BCUT2D eigenvalue weighted by molar-refractivity contribution is 9.11. The van der Waals surface area contributed by atoms with Crippen LogP contribution in [0.1, 0.15) is 5.56 Å². The first-order chi connectivity index (χ1) is 8.18. The molecule has 0 N–H and O–H groups in total. The van der Waals surface area contributed by atoms with Gasteiger partial charge in [-0.15, -0.1) is 0 Å². The molecule has 0 spiro atoms. The molecule has 17 heavy (non-hydrogen) atoms. The number of pyridine rings is 2. The van der Waals surface area contributed by atoms with E-state index in [1.54, 1.807) is 0 Å². The second-order valence-electron chi connectivity index (χ2n) is 3.88. The molecule has 0 aliphatic rings. The minimum absolute atomic E-state index is 0.998. The predicted octanol–water partition coefficient (Wildman–Crippen LogP) is 4.62. The number of halogens is 2. The van der Waals surface area contributed by atoms with Crippen LogP contribution in [0.15, 0.2) is 39.5 Å². The van der Waals surface area contributed by atoms with Gasteiger partial charge in [-0.25, -0.2) is 0 Å². The Labute approximate surface area is 115 Å². The molecule has 0 aliphatic heterocycles. The van der Waals surface area contributed by atoms with Crippen LogP contribution in [0.5, 0.6) is 0 Å². The molecule has 4 heteroatoms. The van der Waals surface area contributed by atoms with E-state index >= 15 is 0 Å². The molecule has 3 aromatic rings. The Balaban J connectivity index is 2.62. The summed E-state index contributed by atoms with van der Waals surface area (Å²) in [5.41, 5.74) is 3.11. The SMILES string of the molecule is Cc1c2nccc(Br)c2cc2c(Br)ccnc12. The van der Waals surface area contributed by atoms with Gasteiger partial charge < -0.3 is 0 Å². The lowest BCUT2D eigenvalue weighted by atomic mass is 10.1. The second kappa shape index (κ2) is 4.03. The molecule has 2 nitrogen and oxygen atoms in total. The van der Waals surface area contributed by atoms with Crippen LogP contribution < -0.4 is 0 Å². The molecule has 0 saturated carbocycles. The van der Waals surface area contributed by atoms with Gasteiger partial charge in [0, 0.05) is 37.7 Å². The number of aromatic nitrogens is 2. The van der Waals surface area contributed by atoms with Crippen molar-refractivity contribution in [1.29, 1.82) is 0 Å². The average Bonchev–Trinajstić information content (AvgIpc) is 2.32. The highest BCUT2D eigenvalue weighted by Gasteiger charge is 2.09. The minimum Gasteiger partial charge on any atom is -0.256 e. The van der Waals surface area contributed by atoms with Crippen molar-refractivity contribution in [3.63, 3.8) is 0 Å². The molecule has 2 aromatic heterocycles. The van der Waals surface area contributed by atoms with E-state index in [0.717, 1.165) is 36.3 Å². The molecule has 0 fully saturated rings. The van der Waals surface area contributed by atoms with Crippen molar-refractivity contribution in [3.8, 4) is 0 Å². The quantitative estimate of drug-likeness (QED) is 0.552. The summed E-state index contributed by atoms with van der Waals surface area (Å²) in [5.74, 6) is 0. The third kappa shape index (κ3) is 1.67. The van der Waals surface area contributed by atoms with Crippen LogP contribution >= 0.6 is 31.9 Å². The third-order valence-electron chi connectivity index (χ3n) is 2.87. The maximum atomic E-state index is 4.44. The number of aryl methyl sites for hydroxylation is 1. The van der Waals surface area contributed by atoms with Crippen LogP contribution in [0.4, 0.5) is 0 Å². The summed E-state index contributed by atoms with van der Waals surface area (Å²) in [4.78, 5) is 8.87. The standard InChI is InChI=1S/C13H8Br2N2/c1-7-12-8(10(14)2-4-16-12)6-9-11(15)3-5-17-13(7)9/h2-6H,1H3. The zero-order valence-electron chi connectivity index (χ0n) is 9.04. The van der Waals surface area contributed by atoms with Crippen molar-refractivity contribution in [1.82, 2.24) is 9.97 Å². The van der Waals surface area contributed by atoms with Crippen molar-refractivity contribution in [3.05, 3.63) is 45.1 Å². The van der Waals surface area contributed by atoms with Crippen LogP contribution in [-0.2, 0) is 0 Å². The van der Waals surface area contributed by atoms with Gasteiger partial charge in [-0.05, 0) is 25.1 Å². The molecular weight excluding hydrogens is 344 g/mol. The Bertz CT molecular complexity index is 678. The van der Waals surface area contributed by atoms with Crippen molar-refractivity contribution in [2.75, 3.05) is 0 Å². The van der Waals surface area contributed by atoms with E-state index in [1.807, 2.05) is 24.5 Å². The summed E-state index contributed by atoms with van der Waals surface area (Å²) in [6, 6.07) is 6.03. The maximum absolute atomic E-state index is 4.44. The fourth-order valence-corrected chi connectivity index (χ4v) is 2.87. The number of fused-ring (bicyclic) bond motifs is 2. The van der Waals surface area contributed by atoms with Gasteiger partial charge in [0.15, 0.2) is 0 Å². The fraction of sp³-hybridized carbons (Fsp3) is 0.0769. The lowest BCUT2D eigenvalue weighted by Crippen LogP contribution is -1.89. The van der Waals surface area contributed by atoms with Crippen molar-refractivity contribution in [2.24, 2.45) is 0 Å². The predicted molar refractivity (Wildman–Crippen MR) is 77.2 cm³/mol. The Morgan fingerprint density at radius 1 is 0.882 bits per heavy atom. The Hall–Kier alpha value is -1.00. The summed E-state index contributed by atoms with van der Waals surface area (Å²) in [6.45, 7) is 2.06. The molecule has 3 rings (SSSR count). The summed E-state index contributed by atoms with van der Waals surface area (Å²) < 4.78 is 2.12. The van der Waals surface area contributed by atoms with Gasteiger partial charge in [0.05, 0.1) is 11.0 Å². The van der Waals surface area contributed by atoms with Gasteiger partial charge in [-0.3, -0.25) is 9.97 Å². The highest BCUT2D eigenvalue weighted by Crippen LogP contribution is 2.32. The largest absolute Gasteiger partial charge is 0.256 e. The van der Waals surface area contributed by atoms with Gasteiger partial charge >= 0.3 is 0 Å². The average molecular weight is 352 g/mol. The lowest BCUT2D eigenvalue weighted by molar-refractivity contribution is 1.33. The first kappa shape index (κ1) is 11.1. The normalized spacial score (nSPS) is 11.2.